The molecule has 0 amide bonds. The molecule has 1 heterocycles. The minimum atomic E-state index is -3.16. The molecule has 0 aromatic carbocycles. The Labute approximate surface area is 131 Å². The van der Waals surface area contributed by atoms with Crippen LogP contribution in [0, 0.1) is 5.41 Å². The highest BCUT2D eigenvalue weighted by atomic mass is 32.2. The smallest absolute Gasteiger partial charge is 0.219 e. The molecule has 0 bridgehead atoms. The zero-order valence-electron chi connectivity index (χ0n) is 14.8. The Balaban J connectivity index is 2.33. The molecule has 4 nitrogen and oxygen atoms in total. The Morgan fingerprint density at radius 1 is 0.857 bits per heavy atom. The molecule has 0 N–H and O–H groups in total. The van der Waals surface area contributed by atoms with Crippen molar-refractivity contribution in [2.24, 2.45) is 5.41 Å². The van der Waals surface area contributed by atoms with Crippen molar-refractivity contribution >= 4 is 10.0 Å². The largest absolute Gasteiger partial charge is 0.301 e. The summed E-state index contributed by atoms with van der Waals surface area (Å²) < 4.78 is 25.8. The maximum Gasteiger partial charge on any atom is 0.219 e. The van der Waals surface area contributed by atoms with Crippen molar-refractivity contribution in [3.63, 3.8) is 0 Å². The van der Waals surface area contributed by atoms with Crippen LogP contribution in [0.4, 0.5) is 0 Å². The van der Waals surface area contributed by atoms with Gasteiger partial charge in [-0.3, -0.25) is 0 Å². The average molecular weight is 319 g/mol. The number of hydrogen-bond acceptors (Lipinski definition) is 3. The molecule has 1 rings (SSSR count). The van der Waals surface area contributed by atoms with Crippen LogP contribution in [0.2, 0.25) is 0 Å². The van der Waals surface area contributed by atoms with Gasteiger partial charge in [0.05, 0.1) is 4.75 Å². The molecule has 21 heavy (non-hydrogen) atoms. The van der Waals surface area contributed by atoms with Crippen LogP contribution >= 0.6 is 0 Å². The van der Waals surface area contributed by atoms with Crippen molar-refractivity contribution in [2.45, 2.75) is 65.6 Å². The SMILES string of the molecule is CC(C)(C)CCCCN1CCN(S(=O)(=O)C(C)(C)C)CC1. The summed E-state index contributed by atoms with van der Waals surface area (Å²) >= 11 is 0. The van der Waals surface area contributed by atoms with E-state index in [1.54, 1.807) is 25.1 Å². The van der Waals surface area contributed by atoms with Crippen molar-refractivity contribution < 1.29 is 8.42 Å². The fourth-order valence-electron chi connectivity index (χ4n) is 2.57. The van der Waals surface area contributed by atoms with Gasteiger partial charge in [-0.05, 0) is 45.6 Å². The van der Waals surface area contributed by atoms with E-state index in [0.717, 1.165) is 19.6 Å². The second-order valence-electron chi connectivity index (χ2n) is 8.38. The van der Waals surface area contributed by atoms with E-state index in [-0.39, 0.29) is 0 Å². The summed E-state index contributed by atoms with van der Waals surface area (Å²) in [6, 6.07) is 0. The summed E-state index contributed by atoms with van der Waals surface area (Å²) in [5, 5.41) is 0. The first-order valence-electron chi connectivity index (χ1n) is 8.15. The van der Waals surface area contributed by atoms with E-state index >= 15 is 0 Å². The molecule has 1 fully saturated rings. The summed E-state index contributed by atoms with van der Waals surface area (Å²) in [6.45, 7) is 16.3. The Morgan fingerprint density at radius 3 is 1.81 bits per heavy atom. The number of unbranched alkanes of at least 4 members (excludes halogenated alkanes) is 1. The summed E-state index contributed by atoms with van der Waals surface area (Å²) in [5.41, 5.74) is 0.416. The normalized spacial score (nSPS) is 19.9. The lowest BCUT2D eigenvalue weighted by Crippen LogP contribution is -2.52. The molecule has 1 aliphatic rings. The fourth-order valence-corrected chi connectivity index (χ4v) is 3.99. The Hall–Kier alpha value is -0.130. The van der Waals surface area contributed by atoms with E-state index in [4.69, 9.17) is 0 Å². The maximum absolute atomic E-state index is 12.4. The lowest BCUT2D eigenvalue weighted by atomic mass is 9.90. The van der Waals surface area contributed by atoms with Gasteiger partial charge in [-0.25, -0.2) is 8.42 Å². The monoisotopic (exact) mass is 318 g/mol. The molecule has 0 spiro atoms. The predicted molar refractivity (Wildman–Crippen MR) is 90.0 cm³/mol. The second-order valence-corrected chi connectivity index (χ2v) is 11.1. The average Bonchev–Trinajstić information content (AvgIpc) is 2.33. The highest BCUT2D eigenvalue weighted by Crippen LogP contribution is 2.23. The van der Waals surface area contributed by atoms with Crippen LogP contribution in [0.5, 0.6) is 0 Å². The molecule has 0 atom stereocenters. The first-order valence-corrected chi connectivity index (χ1v) is 9.59. The Bertz CT molecular complexity index is 411. The number of piperazine rings is 1. The van der Waals surface area contributed by atoms with Crippen LogP contribution in [-0.4, -0.2) is 55.1 Å². The van der Waals surface area contributed by atoms with Crippen LogP contribution in [0.3, 0.4) is 0 Å². The van der Waals surface area contributed by atoms with Crippen molar-refractivity contribution in [1.82, 2.24) is 9.21 Å². The minimum Gasteiger partial charge on any atom is -0.301 e. The van der Waals surface area contributed by atoms with Crippen molar-refractivity contribution in [3.05, 3.63) is 0 Å². The van der Waals surface area contributed by atoms with E-state index in [2.05, 4.69) is 25.7 Å². The molecule has 0 radical (unpaired) electrons. The maximum atomic E-state index is 12.4. The first kappa shape index (κ1) is 18.9. The summed E-state index contributed by atoms with van der Waals surface area (Å²) in [7, 11) is -3.16. The number of nitrogens with zero attached hydrogens (tertiary/aromatic N) is 2. The standard InChI is InChI=1S/C16H34N2O2S/c1-15(2,3)9-7-8-10-17-11-13-18(14-12-17)21(19,20)16(4,5)6/h7-14H2,1-6H3. The second kappa shape index (κ2) is 6.97. The lowest BCUT2D eigenvalue weighted by molar-refractivity contribution is 0.181. The van der Waals surface area contributed by atoms with E-state index in [1.807, 2.05) is 0 Å². The number of sulfonamides is 1. The van der Waals surface area contributed by atoms with Crippen molar-refractivity contribution in [2.75, 3.05) is 32.7 Å². The van der Waals surface area contributed by atoms with Crippen LogP contribution < -0.4 is 0 Å². The molecule has 0 aromatic rings. The molecule has 126 valence electrons. The van der Waals surface area contributed by atoms with Gasteiger partial charge in [-0.2, -0.15) is 4.31 Å². The molecule has 0 unspecified atom stereocenters. The van der Waals surface area contributed by atoms with Crippen LogP contribution in [-0.2, 0) is 10.0 Å². The van der Waals surface area contributed by atoms with Gasteiger partial charge in [0.1, 0.15) is 0 Å². The van der Waals surface area contributed by atoms with Gasteiger partial charge in [0.15, 0.2) is 0 Å². The fraction of sp³-hybridized carbons (Fsp3) is 1.00. The van der Waals surface area contributed by atoms with Gasteiger partial charge in [0, 0.05) is 26.2 Å². The summed E-state index contributed by atoms with van der Waals surface area (Å²) in [4.78, 5) is 2.40. The molecule has 1 saturated heterocycles. The lowest BCUT2D eigenvalue weighted by Gasteiger charge is -2.37. The van der Waals surface area contributed by atoms with Gasteiger partial charge >= 0.3 is 0 Å². The van der Waals surface area contributed by atoms with Gasteiger partial charge < -0.3 is 4.90 Å². The van der Waals surface area contributed by atoms with E-state index < -0.39 is 14.8 Å². The number of hydrogen-bond donors (Lipinski definition) is 0. The van der Waals surface area contributed by atoms with Gasteiger partial charge in [-0.15, -0.1) is 0 Å². The third-order valence-electron chi connectivity index (χ3n) is 4.10. The van der Waals surface area contributed by atoms with Crippen LogP contribution in [0.25, 0.3) is 0 Å². The van der Waals surface area contributed by atoms with Crippen LogP contribution in [0.15, 0.2) is 0 Å². The predicted octanol–water partition coefficient (Wildman–Crippen LogP) is 2.95. The third kappa shape index (κ3) is 5.87. The Kier molecular flexibility index (Phi) is 6.28. The molecule has 5 heteroatoms. The molecule has 1 aliphatic heterocycles. The number of rotatable bonds is 5. The van der Waals surface area contributed by atoms with Crippen molar-refractivity contribution in [3.8, 4) is 0 Å². The summed E-state index contributed by atoms with van der Waals surface area (Å²) in [5.74, 6) is 0. The highest BCUT2D eigenvalue weighted by Gasteiger charge is 2.36. The van der Waals surface area contributed by atoms with Gasteiger partial charge in [0.2, 0.25) is 10.0 Å². The molecule has 0 aromatic heterocycles. The zero-order chi connectivity index (χ0) is 16.3. The van der Waals surface area contributed by atoms with Gasteiger partial charge in [0.25, 0.3) is 0 Å². The molecular formula is C16H34N2O2S. The topological polar surface area (TPSA) is 40.6 Å². The quantitative estimate of drug-likeness (QED) is 0.732. The molecule has 0 aliphatic carbocycles. The van der Waals surface area contributed by atoms with Crippen LogP contribution in [0.1, 0.15) is 60.8 Å². The minimum absolute atomic E-state index is 0.416. The van der Waals surface area contributed by atoms with E-state index in [0.29, 0.717) is 18.5 Å². The molecular weight excluding hydrogens is 284 g/mol. The highest BCUT2D eigenvalue weighted by molar-refractivity contribution is 7.90. The van der Waals surface area contributed by atoms with Crippen molar-refractivity contribution in [1.29, 1.82) is 0 Å². The van der Waals surface area contributed by atoms with Gasteiger partial charge in [-0.1, -0.05) is 27.2 Å². The molecule has 0 saturated carbocycles. The van der Waals surface area contributed by atoms with E-state index in [1.165, 1.54) is 19.3 Å². The third-order valence-corrected chi connectivity index (χ3v) is 6.69. The first-order chi connectivity index (χ1) is 9.43. The zero-order valence-corrected chi connectivity index (χ0v) is 15.6. The summed E-state index contributed by atoms with van der Waals surface area (Å²) in [6.07, 6.45) is 3.72. The Morgan fingerprint density at radius 2 is 1.38 bits per heavy atom. The van der Waals surface area contributed by atoms with E-state index in [9.17, 15) is 8.42 Å².